The predicted molar refractivity (Wildman–Crippen MR) is 97.8 cm³/mol. The first-order chi connectivity index (χ1) is 11.7. The maximum atomic E-state index is 12.3. The summed E-state index contributed by atoms with van der Waals surface area (Å²) in [5.74, 6) is 0.337. The summed E-state index contributed by atoms with van der Waals surface area (Å²) in [6.45, 7) is 8.39. The number of nitrogens with zero attached hydrogens (tertiary/aromatic N) is 1. The first kappa shape index (κ1) is 18.9. The number of rotatable bonds is 9. The predicted octanol–water partition coefficient (Wildman–Crippen LogP) is 3.22. The molecule has 2 atom stereocenters. The van der Waals surface area contributed by atoms with Gasteiger partial charge in [0.2, 0.25) is 5.91 Å². The Morgan fingerprint density at radius 3 is 2.83 bits per heavy atom. The van der Waals surface area contributed by atoms with Crippen LogP contribution in [0.5, 0.6) is 0 Å². The number of amides is 1. The third-order valence-corrected chi connectivity index (χ3v) is 4.75. The number of ether oxygens (including phenoxy) is 1. The summed E-state index contributed by atoms with van der Waals surface area (Å²) in [7, 11) is 0. The standard InChI is InChI=1S/C20H32N2O2/c1-3-5-11-18(4-2)20(23)21-14-19-16-22(12-13-24-19)15-17-9-7-6-8-10-17/h6-10,18-19H,3-5,11-16H2,1-2H3,(H,21,23). The van der Waals surface area contributed by atoms with Gasteiger partial charge >= 0.3 is 0 Å². The van der Waals surface area contributed by atoms with E-state index in [0.29, 0.717) is 6.54 Å². The Morgan fingerprint density at radius 2 is 2.12 bits per heavy atom. The van der Waals surface area contributed by atoms with Gasteiger partial charge in [-0.3, -0.25) is 9.69 Å². The fraction of sp³-hybridized carbons (Fsp3) is 0.650. The number of morpholine rings is 1. The van der Waals surface area contributed by atoms with E-state index in [1.54, 1.807) is 0 Å². The number of unbranched alkanes of at least 4 members (excludes halogenated alkanes) is 1. The van der Waals surface area contributed by atoms with Gasteiger partial charge in [-0.2, -0.15) is 0 Å². The van der Waals surface area contributed by atoms with Gasteiger partial charge in [-0.15, -0.1) is 0 Å². The van der Waals surface area contributed by atoms with Crippen LogP contribution < -0.4 is 5.32 Å². The molecular formula is C20H32N2O2. The Bertz CT molecular complexity index is 478. The zero-order valence-electron chi connectivity index (χ0n) is 15.2. The van der Waals surface area contributed by atoms with Crippen LogP contribution in [0.15, 0.2) is 30.3 Å². The molecule has 1 saturated heterocycles. The van der Waals surface area contributed by atoms with Crippen molar-refractivity contribution in [1.82, 2.24) is 10.2 Å². The lowest BCUT2D eigenvalue weighted by atomic mass is 9.98. The molecule has 1 N–H and O–H groups in total. The molecule has 24 heavy (non-hydrogen) atoms. The highest BCUT2D eigenvalue weighted by Crippen LogP contribution is 2.13. The van der Waals surface area contributed by atoms with E-state index in [4.69, 9.17) is 4.74 Å². The molecule has 1 heterocycles. The van der Waals surface area contributed by atoms with Crippen LogP contribution in [0.2, 0.25) is 0 Å². The molecule has 1 aliphatic rings. The highest BCUT2D eigenvalue weighted by Gasteiger charge is 2.22. The summed E-state index contributed by atoms with van der Waals surface area (Å²) in [6, 6.07) is 10.5. The van der Waals surface area contributed by atoms with Gasteiger partial charge in [-0.05, 0) is 18.4 Å². The Labute approximate surface area is 146 Å². The summed E-state index contributed by atoms with van der Waals surface area (Å²) < 4.78 is 5.83. The molecule has 1 fully saturated rings. The van der Waals surface area contributed by atoms with Crippen molar-refractivity contribution in [3.63, 3.8) is 0 Å². The Balaban J connectivity index is 1.75. The zero-order valence-corrected chi connectivity index (χ0v) is 15.2. The summed E-state index contributed by atoms with van der Waals surface area (Å²) in [5, 5.41) is 3.11. The largest absolute Gasteiger partial charge is 0.374 e. The van der Waals surface area contributed by atoms with Crippen LogP contribution in [0.3, 0.4) is 0 Å². The molecule has 1 aliphatic heterocycles. The second-order valence-electron chi connectivity index (χ2n) is 6.71. The van der Waals surface area contributed by atoms with E-state index in [2.05, 4.69) is 48.3 Å². The molecule has 0 aromatic heterocycles. The van der Waals surface area contributed by atoms with Crippen molar-refractivity contribution in [2.45, 2.75) is 52.2 Å². The number of hydrogen-bond donors (Lipinski definition) is 1. The SMILES string of the molecule is CCCCC(CC)C(=O)NCC1CN(Cc2ccccc2)CCO1. The highest BCUT2D eigenvalue weighted by molar-refractivity contribution is 5.78. The van der Waals surface area contributed by atoms with Crippen molar-refractivity contribution < 1.29 is 9.53 Å². The third kappa shape index (κ3) is 6.25. The molecule has 4 nitrogen and oxygen atoms in total. The molecular weight excluding hydrogens is 300 g/mol. The number of carbonyl (C=O) groups is 1. The second kappa shape index (κ2) is 10.5. The van der Waals surface area contributed by atoms with Crippen molar-refractivity contribution in [2.75, 3.05) is 26.2 Å². The summed E-state index contributed by atoms with van der Waals surface area (Å²) >= 11 is 0. The molecule has 1 aromatic carbocycles. The molecule has 134 valence electrons. The van der Waals surface area contributed by atoms with E-state index in [-0.39, 0.29) is 17.9 Å². The minimum atomic E-state index is 0.0927. The van der Waals surface area contributed by atoms with Crippen molar-refractivity contribution in [2.24, 2.45) is 5.92 Å². The lowest BCUT2D eigenvalue weighted by Crippen LogP contribution is -2.47. The van der Waals surface area contributed by atoms with Gasteiger partial charge in [-0.1, -0.05) is 57.0 Å². The average molecular weight is 332 g/mol. The van der Waals surface area contributed by atoms with Crippen LogP contribution in [0.4, 0.5) is 0 Å². The highest BCUT2D eigenvalue weighted by atomic mass is 16.5. The van der Waals surface area contributed by atoms with E-state index >= 15 is 0 Å². The first-order valence-corrected chi connectivity index (χ1v) is 9.38. The summed E-state index contributed by atoms with van der Waals surface area (Å²) in [4.78, 5) is 14.7. The van der Waals surface area contributed by atoms with Crippen LogP contribution in [-0.4, -0.2) is 43.2 Å². The number of nitrogens with one attached hydrogen (secondary N) is 1. The molecule has 1 aromatic rings. The van der Waals surface area contributed by atoms with Crippen LogP contribution >= 0.6 is 0 Å². The van der Waals surface area contributed by atoms with E-state index in [1.165, 1.54) is 5.56 Å². The fourth-order valence-corrected chi connectivity index (χ4v) is 3.22. The number of carbonyl (C=O) groups excluding carboxylic acids is 1. The van der Waals surface area contributed by atoms with E-state index in [9.17, 15) is 4.79 Å². The van der Waals surface area contributed by atoms with Crippen molar-refractivity contribution in [3.05, 3.63) is 35.9 Å². The molecule has 2 rings (SSSR count). The molecule has 2 unspecified atom stereocenters. The van der Waals surface area contributed by atoms with Crippen LogP contribution in [-0.2, 0) is 16.1 Å². The Hall–Kier alpha value is -1.39. The molecule has 0 spiro atoms. The van der Waals surface area contributed by atoms with Gasteiger partial charge in [0, 0.05) is 32.1 Å². The van der Waals surface area contributed by atoms with Crippen molar-refractivity contribution in [3.8, 4) is 0 Å². The molecule has 1 amide bonds. The van der Waals surface area contributed by atoms with Gasteiger partial charge in [0.05, 0.1) is 12.7 Å². The number of benzene rings is 1. The van der Waals surface area contributed by atoms with Gasteiger partial charge in [0.15, 0.2) is 0 Å². The van der Waals surface area contributed by atoms with Crippen molar-refractivity contribution >= 4 is 5.91 Å². The molecule has 0 aliphatic carbocycles. The first-order valence-electron chi connectivity index (χ1n) is 9.38. The van der Waals surface area contributed by atoms with Crippen LogP contribution in [0, 0.1) is 5.92 Å². The van der Waals surface area contributed by atoms with Gasteiger partial charge < -0.3 is 10.1 Å². The zero-order chi connectivity index (χ0) is 17.2. The monoisotopic (exact) mass is 332 g/mol. The Morgan fingerprint density at radius 1 is 1.33 bits per heavy atom. The lowest BCUT2D eigenvalue weighted by Gasteiger charge is -2.33. The topological polar surface area (TPSA) is 41.6 Å². The van der Waals surface area contributed by atoms with E-state index in [0.717, 1.165) is 51.9 Å². The number of hydrogen-bond acceptors (Lipinski definition) is 3. The van der Waals surface area contributed by atoms with Crippen LogP contribution in [0.25, 0.3) is 0 Å². The van der Waals surface area contributed by atoms with Gasteiger partial charge in [-0.25, -0.2) is 0 Å². The van der Waals surface area contributed by atoms with E-state index in [1.807, 2.05) is 6.07 Å². The lowest BCUT2D eigenvalue weighted by molar-refractivity contribution is -0.126. The fourth-order valence-electron chi connectivity index (χ4n) is 3.22. The minimum Gasteiger partial charge on any atom is -0.374 e. The molecule has 0 radical (unpaired) electrons. The molecule has 0 saturated carbocycles. The molecule has 0 bridgehead atoms. The maximum absolute atomic E-state index is 12.3. The van der Waals surface area contributed by atoms with Crippen LogP contribution in [0.1, 0.15) is 45.1 Å². The van der Waals surface area contributed by atoms with E-state index < -0.39 is 0 Å². The van der Waals surface area contributed by atoms with Gasteiger partial charge in [0.1, 0.15) is 0 Å². The third-order valence-electron chi connectivity index (χ3n) is 4.75. The second-order valence-corrected chi connectivity index (χ2v) is 6.71. The smallest absolute Gasteiger partial charge is 0.223 e. The summed E-state index contributed by atoms with van der Waals surface area (Å²) in [6.07, 6.45) is 4.26. The summed E-state index contributed by atoms with van der Waals surface area (Å²) in [5.41, 5.74) is 1.33. The maximum Gasteiger partial charge on any atom is 0.223 e. The minimum absolute atomic E-state index is 0.0927. The van der Waals surface area contributed by atoms with Crippen molar-refractivity contribution in [1.29, 1.82) is 0 Å². The quantitative estimate of drug-likeness (QED) is 0.755. The van der Waals surface area contributed by atoms with Gasteiger partial charge in [0.25, 0.3) is 0 Å². The normalized spacial score (nSPS) is 19.8. The molecule has 4 heteroatoms. The Kier molecular flexibility index (Phi) is 8.26. The average Bonchev–Trinajstić information content (AvgIpc) is 2.62.